The van der Waals surface area contributed by atoms with Crippen LogP contribution >= 0.6 is 0 Å². The molecule has 5 nitrogen and oxygen atoms in total. The molecule has 10 aromatic rings. The fourth-order valence-corrected chi connectivity index (χ4v) is 6.94. The third-order valence-electron chi connectivity index (χ3n) is 9.37. The lowest BCUT2D eigenvalue weighted by Crippen LogP contribution is -2.00. The second-order valence-corrected chi connectivity index (χ2v) is 12.4. The highest BCUT2D eigenvalue weighted by atomic mass is 16.3. The van der Waals surface area contributed by atoms with Crippen LogP contribution in [0, 0.1) is 0 Å². The third kappa shape index (κ3) is 4.67. The Morgan fingerprint density at radius 2 is 0.860 bits per heavy atom. The van der Waals surface area contributed by atoms with E-state index in [2.05, 4.69) is 91.0 Å². The lowest BCUT2D eigenvalue weighted by Gasteiger charge is -2.10. The number of nitrogens with zero attached hydrogens (tertiary/aromatic N) is 3. The minimum atomic E-state index is 0.582. The number of para-hydroxylation sites is 2. The Bertz CT molecular complexity index is 2850. The Morgan fingerprint density at radius 3 is 1.66 bits per heavy atom. The van der Waals surface area contributed by atoms with E-state index in [-0.39, 0.29) is 0 Å². The van der Waals surface area contributed by atoms with Crippen molar-refractivity contribution in [1.82, 2.24) is 15.0 Å². The Labute approximate surface area is 287 Å². The molecule has 234 valence electrons. The molecule has 0 aliphatic carbocycles. The van der Waals surface area contributed by atoms with Crippen molar-refractivity contribution >= 4 is 43.9 Å². The minimum absolute atomic E-state index is 0.582. The van der Waals surface area contributed by atoms with Gasteiger partial charge in [0.25, 0.3) is 0 Å². The summed E-state index contributed by atoms with van der Waals surface area (Å²) in [4.78, 5) is 15.1. The molecule has 7 aromatic carbocycles. The highest BCUT2D eigenvalue weighted by Crippen LogP contribution is 2.41. The average molecular weight is 642 g/mol. The minimum Gasteiger partial charge on any atom is -0.456 e. The number of benzene rings is 7. The molecule has 50 heavy (non-hydrogen) atoms. The van der Waals surface area contributed by atoms with Crippen LogP contribution < -0.4 is 0 Å². The van der Waals surface area contributed by atoms with Gasteiger partial charge in [0.1, 0.15) is 22.3 Å². The van der Waals surface area contributed by atoms with Gasteiger partial charge in [0.2, 0.25) is 0 Å². The molecule has 0 atom stereocenters. The third-order valence-corrected chi connectivity index (χ3v) is 9.37. The van der Waals surface area contributed by atoms with Crippen LogP contribution in [0.2, 0.25) is 0 Å². The van der Waals surface area contributed by atoms with E-state index in [9.17, 15) is 0 Å². The van der Waals surface area contributed by atoms with Crippen molar-refractivity contribution in [1.29, 1.82) is 0 Å². The van der Waals surface area contributed by atoms with Crippen LogP contribution in [0.1, 0.15) is 0 Å². The Kier molecular flexibility index (Phi) is 6.42. The first-order chi connectivity index (χ1) is 24.8. The van der Waals surface area contributed by atoms with E-state index in [1.807, 2.05) is 72.8 Å². The van der Waals surface area contributed by atoms with Crippen LogP contribution in [-0.2, 0) is 0 Å². The van der Waals surface area contributed by atoms with E-state index < -0.39 is 0 Å². The zero-order chi connectivity index (χ0) is 33.0. The van der Waals surface area contributed by atoms with Gasteiger partial charge in [-0.25, -0.2) is 15.0 Å². The van der Waals surface area contributed by atoms with Gasteiger partial charge in [0.15, 0.2) is 17.5 Å². The number of fused-ring (bicyclic) bond motifs is 6. The summed E-state index contributed by atoms with van der Waals surface area (Å²) in [5, 5.41) is 4.14. The van der Waals surface area contributed by atoms with Gasteiger partial charge in [-0.1, -0.05) is 140 Å². The first-order valence-electron chi connectivity index (χ1n) is 16.6. The average Bonchev–Trinajstić information content (AvgIpc) is 3.77. The molecular weight excluding hydrogens is 615 g/mol. The number of aromatic nitrogens is 3. The number of rotatable bonds is 5. The van der Waals surface area contributed by atoms with Crippen molar-refractivity contribution in [2.24, 2.45) is 0 Å². The number of furan rings is 2. The molecule has 5 heteroatoms. The lowest BCUT2D eigenvalue weighted by atomic mass is 9.99. The van der Waals surface area contributed by atoms with Gasteiger partial charge in [-0.3, -0.25) is 0 Å². The van der Waals surface area contributed by atoms with Gasteiger partial charge in [0.05, 0.1) is 0 Å². The summed E-state index contributed by atoms with van der Waals surface area (Å²) in [6.45, 7) is 0. The molecule has 0 spiro atoms. The molecule has 0 N–H and O–H groups in total. The zero-order valence-corrected chi connectivity index (χ0v) is 26.7. The molecular formula is C45H27N3O2. The molecule has 0 bridgehead atoms. The van der Waals surface area contributed by atoms with E-state index in [0.29, 0.717) is 17.5 Å². The van der Waals surface area contributed by atoms with Gasteiger partial charge in [-0.15, -0.1) is 0 Å². The Morgan fingerprint density at radius 1 is 0.320 bits per heavy atom. The summed E-state index contributed by atoms with van der Waals surface area (Å²) < 4.78 is 12.8. The molecule has 0 saturated carbocycles. The molecule has 0 saturated heterocycles. The van der Waals surface area contributed by atoms with Crippen LogP contribution in [0.25, 0.3) is 100 Å². The summed E-state index contributed by atoms with van der Waals surface area (Å²) in [5.74, 6) is 1.80. The number of hydrogen-bond acceptors (Lipinski definition) is 5. The van der Waals surface area contributed by atoms with Crippen molar-refractivity contribution in [3.05, 3.63) is 164 Å². The van der Waals surface area contributed by atoms with Crippen LogP contribution in [0.15, 0.2) is 173 Å². The van der Waals surface area contributed by atoms with Gasteiger partial charge in [-0.2, -0.15) is 0 Å². The SMILES string of the molecule is c1ccc(-c2ccc(-c3nc(-c4ccccc4)nc(-c4cccc5oc6ccc(-c7cccc8c7oc7ccccc78)cc6c45)n3)cc2)cc1. The van der Waals surface area contributed by atoms with E-state index in [1.54, 1.807) is 0 Å². The van der Waals surface area contributed by atoms with Gasteiger partial charge in [0, 0.05) is 43.8 Å². The summed E-state index contributed by atoms with van der Waals surface area (Å²) in [5.41, 5.74) is 10.4. The summed E-state index contributed by atoms with van der Waals surface area (Å²) in [6.07, 6.45) is 0. The molecule has 0 amide bonds. The largest absolute Gasteiger partial charge is 0.456 e. The summed E-state index contributed by atoms with van der Waals surface area (Å²) in [6, 6.07) is 55.7. The first-order valence-corrected chi connectivity index (χ1v) is 16.6. The van der Waals surface area contributed by atoms with E-state index in [4.69, 9.17) is 23.8 Å². The van der Waals surface area contributed by atoms with Crippen molar-refractivity contribution in [2.45, 2.75) is 0 Å². The Hall–Kier alpha value is -6.85. The number of hydrogen-bond donors (Lipinski definition) is 0. The van der Waals surface area contributed by atoms with E-state index in [1.165, 1.54) is 0 Å². The predicted molar refractivity (Wildman–Crippen MR) is 202 cm³/mol. The maximum absolute atomic E-state index is 6.43. The molecule has 0 unspecified atom stereocenters. The van der Waals surface area contributed by atoms with Crippen molar-refractivity contribution in [3.63, 3.8) is 0 Å². The maximum atomic E-state index is 6.43. The smallest absolute Gasteiger partial charge is 0.164 e. The zero-order valence-electron chi connectivity index (χ0n) is 26.7. The molecule has 10 rings (SSSR count). The van der Waals surface area contributed by atoms with Gasteiger partial charge < -0.3 is 8.83 Å². The molecule has 0 fully saturated rings. The first kappa shape index (κ1) is 28.2. The Balaban J connectivity index is 1.16. The van der Waals surface area contributed by atoms with Crippen molar-refractivity contribution in [2.75, 3.05) is 0 Å². The van der Waals surface area contributed by atoms with Crippen LogP contribution in [0.3, 0.4) is 0 Å². The molecule has 0 aliphatic heterocycles. The lowest BCUT2D eigenvalue weighted by molar-refractivity contribution is 0.668. The summed E-state index contributed by atoms with van der Waals surface area (Å²) >= 11 is 0. The predicted octanol–water partition coefficient (Wildman–Crippen LogP) is 12.0. The van der Waals surface area contributed by atoms with Gasteiger partial charge >= 0.3 is 0 Å². The molecule has 3 aromatic heterocycles. The van der Waals surface area contributed by atoms with E-state index in [0.717, 1.165) is 82.8 Å². The monoisotopic (exact) mass is 641 g/mol. The van der Waals surface area contributed by atoms with E-state index >= 15 is 0 Å². The quantitative estimate of drug-likeness (QED) is 0.187. The second kappa shape index (κ2) is 11.4. The molecule has 3 heterocycles. The normalized spacial score (nSPS) is 11.6. The molecule has 0 aliphatic rings. The van der Waals surface area contributed by atoms with Crippen LogP contribution in [-0.4, -0.2) is 15.0 Å². The second-order valence-electron chi connectivity index (χ2n) is 12.4. The van der Waals surface area contributed by atoms with Crippen molar-refractivity contribution in [3.8, 4) is 56.4 Å². The highest BCUT2D eigenvalue weighted by molar-refractivity contribution is 6.14. The van der Waals surface area contributed by atoms with Crippen LogP contribution in [0.4, 0.5) is 0 Å². The van der Waals surface area contributed by atoms with Crippen LogP contribution in [0.5, 0.6) is 0 Å². The maximum Gasteiger partial charge on any atom is 0.164 e. The van der Waals surface area contributed by atoms with Crippen molar-refractivity contribution < 1.29 is 8.83 Å². The summed E-state index contributed by atoms with van der Waals surface area (Å²) in [7, 11) is 0. The standard InChI is InChI=1S/C45H27N3O2/c1-3-11-28(12-4-1)29-21-23-31(24-22-29)44-46-43(30-13-5-2-6-14-30)47-45(48-44)36-18-10-20-40-41(36)37-27-32(25-26-39(37)49-40)33-16-9-17-35-34-15-7-8-19-38(34)50-42(33)35/h1-27H. The van der Waals surface area contributed by atoms with Gasteiger partial charge in [-0.05, 0) is 41.0 Å². The fraction of sp³-hybridized carbons (Fsp3) is 0. The fourth-order valence-electron chi connectivity index (χ4n) is 6.94. The molecule has 0 radical (unpaired) electrons. The highest BCUT2D eigenvalue weighted by Gasteiger charge is 2.19. The topological polar surface area (TPSA) is 65.0 Å².